The van der Waals surface area contributed by atoms with Crippen molar-refractivity contribution < 1.29 is 19.6 Å². The Bertz CT molecular complexity index is 580. The third kappa shape index (κ3) is 5.94. The number of piperazine rings is 1. The van der Waals surface area contributed by atoms with E-state index in [9.17, 15) is 14.7 Å². The number of carbonyl (C=O) groups is 2. The minimum Gasteiger partial charge on any atom is -0.508 e. The van der Waals surface area contributed by atoms with Crippen LogP contribution in [0.1, 0.15) is 13.8 Å². The summed E-state index contributed by atoms with van der Waals surface area (Å²) in [6.07, 6.45) is 0. The molecule has 25 heavy (non-hydrogen) atoms. The van der Waals surface area contributed by atoms with Crippen molar-refractivity contribution in [2.75, 3.05) is 51.2 Å². The number of nitrogens with zero attached hydrogens (tertiary/aromatic N) is 2. The summed E-state index contributed by atoms with van der Waals surface area (Å²) in [4.78, 5) is 29.1. The van der Waals surface area contributed by atoms with E-state index >= 15 is 0 Å². The normalized spacial score (nSPS) is 16.0. The molecule has 1 fully saturated rings. The second-order valence-electron chi connectivity index (χ2n) is 6.92. The van der Waals surface area contributed by atoms with E-state index in [4.69, 9.17) is 0 Å². The topological polar surface area (TPSA) is 77.3 Å². The van der Waals surface area contributed by atoms with Crippen molar-refractivity contribution >= 4 is 17.5 Å². The second-order valence-corrected chi connectivity index (χ2v) is 6.92. The van der Waals surface area contributed by atoms with Crippen molar-refractivity contribution in [2.24, 2.45) is 0 Å². The molecule has 0 aromatic heterocycles. The molecule has 1 unspecified atom stereocenters. The highest BCUT2D eigenvalue weighted by Gasteiger charge is 2.24. The molecule has 1 aliphatic heterocycles. The highest BCUT2D eigenvalue weighted by atomic mass is 16.3. The Morgan fingerprint density at radius 1 is 1.12 bits per heavy atom. The first kappa shape index (κ1) is 19.1. The lowest BCUT2D eigenvalue weighted by atomic mass is 10.2. The van der Waals surface area contributed by atoms with Crippen molar-refractivity contribution in [1.29, 1.82) is 0 Å². The molecule has 0 bridgehead atoms. The van der Waals surface area contributed by atoms with Crippen LogP contribution in [0.2, 0.25) is 0 Å². The molecule has 3 N–H and O–H groups in total. The summed E-state index contributed by atoms with van der Waals surface area (Å²) >= 11 is 0. The van der Waals surface area contributed by atoms with E-state index < -0.39 is 0 Å². The molecule has 7 heteroatoms. The van der Waals surface area contributed by atoms with Crippen LogP contribution in [0.3, 0.4) is 0 Å². The Morgan fingerprint density at radius 3 is 2.28 bits per heavy atom. The van der Waals surface area contributed by atoms with Crippen LogP contribution in [0.4, 0.5) is 5.69 Å². The Hall–Kier alpha value is -2.28. The van der Waals surface area contributed by atoms with Gasteiger partial charge in [-0.05, 0) is 38.1 Å². The van der Waals surface area contributed by atoms with Gasteiger partial charge in [-0.1, -0.05) is 0 Å². The van der Waals surface area contributed by atoms with Gasteiger partial charge in [0.2, 0.25) is 0 Å². The Balaban J connectivity index is 1.77. The quantitative estimate of drug-likeness (QED) is 0.621. The van der Waals surface area contributed by atoms with Gasteiger partial charge in [-0.25, -0.2) is 0 Å². The van der Waals surface area contributed by atoms with E-state index in [0.29, 0.717) is 26.2 Å². The summed E-state index contributed by atoms with van der Waals surface area (Å²) in [6, 6.07) is 7.24. The number of rotatable bonds is 6. The number of aromatic hydroxyl groups is 1. The molecule has 1 atom stereocenters. The summed E-state index contributed by atoms with van der Waals surface area (Å²) in [6.45, 7) is 7.35. The SMILES string of the molecule is CC(C)NC(=O)C[NH+](C)CC(=O)N1CCN(c2ccc(O)cc2)CC1. The molecule has 1 aromatic carbocycles. The van der Waals surface area contributed by atoms with Gasteiger partial charge < -0.3 is 25.1 Å². The zero-order valence-corrected chi connectivity index (χ0v) is 15.3. The maximum absolute atomic E-state index is 12.4. The van der Waals surface area contributed by atoms with E-state index in [-0.39, 0.29) is 23.6 Å². The monoisotopic (exact) mass is 349 g/mol. The minimum absolute atomic E-state index is 0.0301. The molecule has 1 heterocycles. The van der Waals surface area contributed by atoms with Crippen molar-refractivity contribution in [3.05, 3.63) is 24.3 Å². The fourth-order valence-electron chi connectivity index (χ4n) is 2.96. The van der Waals surface area contributed by atoms with Crippen LogP contribution in [0.25, 0.3) is 0 Å². The number of amides is 2. The van der Waals surface area contributed by atoms with Gasteiger partial charge in [0.25, 0.3) is 11.8 Å². The van der Waals surface area contributed by atoms with Gasteiger partial charge in [-0.2, -0.15) is 0 Å². The van der Waals surface area contributed by atoms with Crippen molar-refractivity contribution in [1.82, 2.24) is 10.2 Å². The van der Waals surface area contributed by atoms with E-state index in [2.05, 4.69) is 10.2 Å². The van der Waals surface area contributed by atoms with Gasteiger partial charge >= 0.3 is 0 Å². The van der Waals surface area contributed by atoms with Crippen LogP contribution in [0.15, 0.2) is 24.3 Å². The number of benzene rings is 1. The lowest BCUT2D eigenvalue weighted by molar-refractivity contribution is -0.863. The molecule has 0 radical (unpaired) electrons. The maximum Gasteiger partial charge on any atom is 0.277 e. The molecule has 0 aliphatic carbocycles. The van der Waals surface area contributed by atoms with Gasteiger partial charge in [0.05, 0.1) is 7.05 Å². The first-order chi connectivity index (χ1) is 11.8. The Morgan fingerprint density at radius 2 is 1.72 bits per heavy atom. The molecule has 1 aromatic rings. The molecule has 2 rings (SSSR count). The Labute approximate surface area is 149 Å². The Kier molecular flexibility index (Phi) is 6.64. The second kappa shape index (κ2) is 8.71. The van der Waals surface area contributed by atoms with E-state index in [1.165, 1.54) is 0 Å². The molecule has 7 nitrogen and oxygen atoms in total. The van der Waals surface area contributed by atoms with Gasteiger partial charge in [-0.15, -0.1) is 0 Å². The average molecular weight is 349 g/mol. The summed E-state index contributed by atoms with van der Waals surface area (Å²) in [7, 11) is 1.87. The standard InChI is InChI=1S/C18H28N4O3/c1-14(2)19-17(24)12-20(3)13-18(25)22-10-8-21(9-11-22)15-4-6-16(23)7-5-15/h4-7,14,23H,8-13H2,1-3H3,(H,19,24)/p+1. The first-order valence-electron chi connectivity index (χ1n) is 8.77. The maximum atomic E-state index is 12.4. The smallest absolute Gasteiger partial charge is 0.277 e. The largest absolute Gasteiger partial charge is 0.508 e. The average Bonchev–Trinajstić information content (AvgIpc) is 2.54. The number of anilines is 1. The summed E-state index contributed by atoms with van der Waals surface area (Å²) < 4.78 is 0. The highest BCUT2D eigenvalue weighted by Crippen LogP contribution is 2.19. The number of carbonyl (C=O) groups excluding carboxylic acids is 2. The molecule has 1 aliphatic rings. The predicted molar refractivity (Wildman–Crippen MR) is 96.8 cm³/mol. The number of hydrogen-bond acceptors (Lipinski definition) is 4. The van der Waals surface area contributed by atoms with Crippen LogP contribution in [-0.4, -0.2) is 74.2 Å². The number of phenolic OH excluding ortho intramolecular Hbond substituents is 1. The van der Waals surface area contributed by atoms with Gasteiger partial charge in [0.15, 0.2) is 13.1 Å². The number of hydrogen-bond donors (Lipinski definition) is 3. The van der Waals surface area contributed by atoms with Crippen molar-refractivity contribution in [2.45, 2.75) is 19.9 Å². The lowest BCUT2D eigenvalue weighted by Crippen LogP contribution is -3.11. The van der Waals surface area contributed by atoms with Gasteiger partial charge in [-0.3, -0.25) is 9.59 Å². The minimum atomic E-state index is -0.0301. The van der Waals surface area contributed by atoms with E-state index in [0.717, 1.165) is 23.7 Å². The molecule has 138 valence electrons. The third-order valence-electron chi connectivity index (χ3n) is 4.21. The van der Waals surface area contributed by atoms with Crippen LogP contribution >= 0.6 is 0 Å². The first-order valence-corrected chi connectivity index (χ1v) is 8.77. The van der Waals surface area contributed by atoms with Crippen LogP contribution in [0.5, 0.6) is 5.75 Å². The molecular formula is C18H29N4O3+. The summed E-state index contributed by atoms with van der Waals surface area (Å²) in [5.41, 5.74) is 1.05. The number of quaternary nitrogens is 1. The van der Waals surface area contributed by atoms with Crippen LogP contribution in [-0.2, 0) is 9.59 Å². The zero-order chi connectivity index (χ0) is 18.4. The fraction of sp³-hybridized carbons (Fsp3) is 0.556. The van der Waals surface area contributed by atoms with Gasteiger partial charge in [0, 0.05) is 37.9 Å². The van der Waals surface area contributed by atoms with E-state index in [1.807, 2.05) is 37.9 Å². The predicted octanol–water partition coefficient (Wildman–Crippen LogP) is -0.920. The van der Waals surface area contributed by atoms with E-state index in [1.54, 1.807) is 12.1 Å². The zero-order valence-electron chi connectivity index (χ0n) is 15.3. The molecule has 1 saturated heterocycles. The van der Waals surface area contributed by atoms with Gasteiger partial charge in [0.1, 0.15) is 5.75 Å². The molecular weight excluding hydrogens is 320 g/mol. The van der Waals surface area contributed by atoms with Crippen molar-refractivity contribution in [3.8, 4) is 5.75 Å². The summed E-state index contributed by atoms with van der Waals surface area (Å²) in [5.74, 6) is 0.308. The van der Waals surface area contributed by atoms with Crippen LogP contribution in [0, 0.1) is 0 Å². The number of nitrogens with one attached hydrogen (secondary N) is 2. The lowest BCUT2D eigenvalue weighted by Gasteiger charge is -2.36. The number of phenols is 1. The highest BCUT2D eigenvalue weighted by molar-refractivity contribution is 5.79. The molecule has 0 spiro atoms. The number of likely N-dealkylation sites (N-methyl/N-ethyl adjacent to an activating group) is 1. The summed E-state index contributed by atoms with van der Waals surface area (Å²) in [5, 5.41) is 12.2. The molecule has 0 saturated carbocycles. The third-order valence-corrected chi connectivity index (χ3v) is 4.21. The fourth-order valence-corrected chi connectivity index (χ4v) is 2.96. The van der Waals surface area contributed by atoms with Crippen molar-refractivity contribution in [3.63, 3.8) is 0 Å². The molecule has 2 amide bonds. The van der Waals surface area contributed by atoms with Crippen LogP contribution < -0.4 is 15.1 Å².